The summed E-state index contributed by atoms with van der Waals surface area (Å²) in [6.07, 6.45) is 1.75. The molecule has 88 valence electrons. The Morgan fingerprint density at radius 1 is 1.06 bits per heavy atom. The van der Waals surface area contributed by atoms with E-state index in [0.29, 0.717) is 0 Å². The van der Waals surface area contributed by atoms with E-state index >= 15 is 0 Å². The Labute approximate surface area is 104 Å². The van der Waals surface area contributed by atoms with Gasteiger partial charge < -0.3 is 0 Å². The Balaban J connectivity index is 2.20. The molecule has 2 heterocycles. The second-order valence-corrected chi connectivity index (χ2v) is 4.20. The van der Waals surface area contributed by atoms with Crippen LogP contribution in [0.15, 0.2) is 48.7 Å². The number of aromatic nitrogens is 2. The summed E-state index contributed by atoms with van der Waals surface area (Å²) in [7, 11) is 0. The number of rotatable bonds is 1. The predicted molar refractivity (Wildman–Crippen MR) is 69.7 cm³/mol. The molecule has 3 aromatic rings. The van der Waals surface area contributed by atoms with Crippen LogP contribution in [-0.2, 0) is 0 Å². The van der Waals surface area contributed by atoms with Crippen molar-refractivity contribution in [2.45, 2.75) is 6.92 Å². The molecule has 0 spiro atoms. The van der Waals surface area contributed by atoms with Crippen molar-refractivity contribution >= 4 is 10.9 Å². The Hall–Kier alpha value is -2.29. The maximum atomic E-state index is 13.1. The first-order chi connectivity index (χ1) is 8.74. The SMILES string of the molecule is Cc1cccnc1-c1ccc2cc(F)ccc2n1. The standard InChI is InChI=1S/C15H11FN2/c1-10-3-2-8-17-15(10)14-6-4-11-9-12(16)5-7-13(11)18-14/h2-9H,1H3. The van der Waals surface area contributed by atoms with Crippen LogP contribution in [0.2, 0.25) is 0 Å². The van der Waals surface area contributed by atoms with E-state index in [9.17, 15) is 4.39 Å². The van der Waals surface area contributed by atoms with E-state index in [2.05, 4.69) is 9.97 Å². The number of aryl methyl sites for hydroxylation is 1. The lowest BCUT2D eigenvalue weighted by Gasteiger charge is -2.05. The van der Waals surface area contributed by atoms with Crippen LogP contribution in [0.3, 0.4) is 0 Å². The van der Waals surface area contributed by atoms with Gasteiger partial charge in [0.05, 0.1) is 16.9 Å². The van der Waals surface area contributed by atoms with E-state index in [4.69, 9.17) is 0 Å². The van der Waals surface area contributed by atoms with Crippen molar-refractivity contribution in [3.63, 3.8) is 0 Å². The highest BCUT2D eigenvalue weighted by Crippen LogP contribution is 2.22. The van der Waals surface area contributed by atoms with Crippen LogP contribution in [0.1, 0.15) is 5.56 Å². The fourth-order valence-electron chi connectivity index (χ4n) is 1.98. The van der Waals surface area contributed by atoms with Crippen LogP contribution in [0, 0.1) is 12.7 Å². The Morgan fingerprint density at radius 3 is 2.78 bits per heavy atom. The molecule has 18 heavy (non-hydrogen) atoms. The summed E-state index contributed by atoms with van der Waals surface area (Å²) >= 11 is 0. The molecule has 0 amide bonds. The van der Waals surface area contributed by atoms with Crippen LogP contribution in [0.4, 0.5) is 4.39 Å². The van der Waals surface area contributed by atoms with E-state index in [1.54, 1.807) is 12.3 Å². The molecule has 0 fully saturated rings. The van der Waals surface area contributed by atoms with Crippen molar-refractivity contribution in [1.82, 2.24) is 9.97 Å². The third kappa shape index (κ3) is 1.84. The predicted octanol–water partition coefficient (Wildman–Crippen LogP) is 3.74. The molecule has 3 rings (SSSR count). The molecule has 0 saturated heterocycles. The van der Waals surface area contributed by atoms with Crippen LogP contribution in [-0.4, -0.2) is 9.97 Å². The van der Waals surface area contributed by atoms with Crippen LogP contribution >= 0.6 is 0 Å². The summed E-state index contributed by atoms with van der Waals surface area (Å²) in [5.74, 6) is -0.244. The van der Waals surface area contributed by atoms with Crippen molar-refractivity contribution in [3.8, 4) is 11.4 Å². The second-order valence-electron chi connectivity index (χ2n) is 4.20. The minimum Gasteiger partial charge on any atom is -0.254 e. The number of pyridine rings is 2. The topological polar surface area (TPSA) is 25.8 Å². The van der Waals surface area contributed by atoms with Gasteiger partial charge in [0.2, 0.25) is 0 Å². The first kappa shape index (κ1) is 10.8. The maximum Gasteiger partial charge on any atom is 0.123 e. The molecule has 3 heteroatoms. The molecule has 0 aliphatic carbocycles. The van der Waals surface area contributed by atoms with Crippen molar-refractivity contribution in [1.29, 1.82) is 0 Å². The van der Waals surface area contributed by atoms with E-state index in [-0.39, 0.29) is 5.82 Å². The van der Waals surface area contributed by atoms with Gasteiger partial charge in [0.25, 0.3) is 0 Å². The summed E-state index contributed by atoms with van der Waals surface area (Å²) in [4.78, 5) is 8.85. The molecule has 2 nitrogen and oxygen atoms in total. The number of halogens is 1. The second kappa shape index (κ2) is 4.18. The number of hydrogen-bond acceptors (Lipinski definition) is 2. The summed E-state index contributed by atoms with van der Waals surface area (Å²) in [5, 5.41) is 0.798. The molecular formula is C15H11FN2. The minimum atomic E-state index is -0.244. The van der Waals surface area contributed by atoms with E-state index in [0.717, 1.165) is 27.9 Å². The molecule has 0 N–H and O–H groups in total. The van der Waals surface area contributed by atoms with Gasteiger partial charge in [0.15, 0.2) is 0 Å². The third-order valence-corrected chi connectivity index (χ3v) is 2.90. The smallest absolute Gasteiger partial charge is 0.123 e. The lowest BCUT2D eigenvalue weighted by atomic mass is 10.1. The molecule has 0 saturated carbocycles. The fourth-order valence-corrected chi connectivity index (χ4v) is 1.98. The summed E-state index contributed by atoms with van der Waals surface area (Å²) in [6.45, 7) is 2.00. The first-order valence-electron chi connectivity index (χ1n) is 5.72. The molecule has 0 atom stereocenters. The van der Waals surface area contributed by atoms with Gasteiger partial charge in [0.1, 0.15) is 5.82 Å². The van der Waals surface area contributed by atoms with Crippen molar-refractivity contribution in [2.24, 2.45) is 0 Å². The zero-order valence-electron chi connectivity index (χ0n) is 9.89. The van der Waals surface area contributed by atoms with Crippen LogP contribution in [0.5, 0.6) is 0 Å². The lowest BCUT2D eigenvalue weighted by molar-refractivity contribution is 0.629. The molecule has 1 aromatic carbocycles. The van der Waals surface area contributed by atoms with Gasteiger partial charge in [0, 0.05) is 11.6 Å². The van der Waals surface area contributed by atoms with Gasteiger partial charge in [-0.15, -0.1) is 0 Å². The molecule has 0 bridgehead atoms. The quantitative estimate of drug-likeness (QED) is 0.645. The lowest BCUT2D eigenvalue weighted by Crippen LogP contribution is -1.91. The average Bonchev–Trinajstić information content (AvgIpc) is 2.39. The van der Waals surface area contributed by atoms with Gasteiger partial charge in [-0.25, -0.2) is 9.37 Å². The van der Waals surface area contributed by atoms with E-state index in [1.165, 1.54) is 12.1 Å². The average molecular weight is 238 g/mol. The van der Waals surface area contributed by atoms with Gasteiger partial charge in [-0.1, -0.05) is 12.1 Å². The molecular weight excluding hydrogens is 227 g/mol. The maximum absolute atomic E-state index is 13.1. The largest absolute Gasteiger partial charge is 0.254 e. The molecule has 2 aromatic heterocycles. The highest BCUT2D eigenvalue weighted by molar-refractivity contribution is 5.81. The summed E-state index contributed by atoms with van der Waals surface area (Å²) in [6, 6.07) is 12.2. The van der Waals surface area contributed by atoms with Crippen molar-refractivity contribution < 1.29 is 4.39 Å². The minimum absolute atomic E-state index is 0.244. The highest BCUT2D eigenvalue weighted by Gasteiger charge is 2.05. The zero-order valence-corrected chi connectivity index (χ0v) is 9.89. The Kier molecular flexibility index (Phi) is 2.52. The van der Waals surface area contributed by atoms with E-state index in [1.807, 2.05) is 31.2 Å². The number of fused-ring (bicyclic) bond motifs is 1. The summed E-state index contributed by atoms with van der Waals surface area (Å²) < 4.78 is 13.1. The van der Waals surface area contributed by atoms with Crippen molar-refractivity contribution in [2.75, 3.05) is 0 Å². The van der Waals surface area contributed by atoms with Crippen molar-refractivity contribution in [3.05, 3.63) is 60.0 Å². The van der Waals surface area contributed by atoms with Gasteiger partial charge in [-0.2, -0.15) is 0 Å². The third-order valence-electron chi connectivity index (χ3n) is 2.90. The van der Waals surface area contributed by atoms with Crippen LogP contribution < -0.4 is 0 Å². The fraction of sp³-hybridized carbons (Fsp3) is 0.0667. The normalized spacial score (nSPS) is 10.8. The Bertz CT molecular complexity index is 723. The first-order valence-corrected chi connectivity index (χ1v) is 5.72. The molecule has 0 aliphatic heterocycles. The highest BCUT2D eigenvalue weighted by atomic mass is 19.1. The molecule has 0 aliphatic rings. The monoisotopic (exact) mass is 238 g/mol. The Morgan fingerprint density at radius 2 is 1.94 bits per heavy atom. The number of hydrogen-bond donors (Lipinski definition) is 0. The van der Waals surface area contributed by atoms with Gasteiger partial charge in [-0.05, 0) is 42.8 Å². The zero-order chi connectivity index (χ0) is 12.5. The van der Waals surface area contributed by atoms with Gasteiger partial charge >= 0.3 is 0 Å². The van der Waals surface area contributed by atoms with Gasteiger partial charge in [-0.3, -0.25) is 4.98 Å². The van der Waals surface area contributed by atoms with E-state index < -0.39 is 0 Å². The molecule has 0 radical (unpaired) electrons. The number of benzene rings is 1. The van der Waals surface area contributed by atoms with Crippen LogP contribution in [0.25, 0.3) is 22.3 Å². The number of nitrogens with zero attached hydrogens (tertiary/aromatic N) is 2. The molecule has 0 unspecified atom stereocenters. The summed E-state index contributed by atoms with van der Waals surface area (Å²) in [5.41, 5.74) is 3.53.